The van der Waals surface area contributed by atoms with E-state index in [-0.39, 0.29) is 16.7 Å². The van der Waals surface area contributed by atoms with Crippen LogP contribution < -0.4 is 5.32 Å². The second-order valence-corrected chi connectivity index (χ2v) is 7.98. The summed E-state index contributed by atoms with van der Waals surface area (Å²) in [5.74, 6) is 0.480. The molecular weight excluding hydrogens is 301 g/mol. The Hall–Kier alpha value is -0.380. The van der Waals surface area contributed by atoms with Crippen LogP contribution >= 0.6 is 35.0 Å². The number of carbonyl (C=O) groups excluding carboxylic acids is 1. The molecule has 0 aliphatic heterocycles. The lowest BCUT2D eigenvalue weighted by atomic mass is 10.1. The number of hydrogen-bond acceptors (Lipinski definition) is 2. The summed E-state index contributed by atoms with van der Waals surface area (Å²) in [5.41, 5.74) is 0.948. The summed E-state index contributed by atoms with van der Waals surface area (Å²) >= 11 is 13.5. The van der Waals surface area contributed by atoms with E-state index in [0.717, 1.165) is 5.56 Å². The predicted molar refractivity (Wildman–Crippen MR) is 85.2 cm³/mol. The average molecular weight is 320 g/mol. The lowest BCUT2D eigenvalue weighted by molar-refractivity contribution is -0.119. The fraction of sp³-hybridized carbons (Fsp3) is 0.500. The number of carbonyl (C=O) groups is 1. The Kier molecular flexibility index (Phi) is 6.03. The molecule has 1 amide bonds. The van der Waals surface area contributed by atoms with Gasteiger partial charge in [-0.25, -0.2) is 0 Å². The van der Waals surface area contributed by atoms with Crippen molar-refractivity contribution in [1.82, 2.24) is 5.32 Å². The van der Waals surface area contributed by atoms with Gasteiger partial charge in [-0.1, -0.05) is 50.0 Å². The van der Waals surface area contributed by atoms with Gasteiger partial charge in [0.1, 0.15) is 0 Å². The van der Waals surface area contributed by atoms with E-state index >= 15 is 0 Å². The topological polar surface area (TPSA) is 29.1 Å². The average Bonchev–Trinajstić information content (AvgIpc) is 2.29. The molecule has 0 spiro atoms. The van der Waals surface area contributed by atoms with Gasteiger partial charge in [0.15, 0.2) is 0 Å². The summed E-state index contributed by atoms with van der Waals surface area (Å²) in [6, 6.07) is 5.32. The summed E-state index contributed by atoms with van der Waals surface area (Å²) in [6.07, 6.45) is 0. The number of halogens is 2. The summed E-state index contributed by atoms with van der Waals surface area (Å²) in [7, 11) is 0. The molecule has 1 N–H and O–H groups in total. The van der Waals surface area contributed by atoms with E-state index in [1.54, 1.807) is 23.9 Å². The molecule has 0 aliphatic carbocycles. The van der Waals surface area contributed by atoms with Crippen molar-refractivity contribution in [2.45, 2.75) is 38.5 Å². The van der Waals surface area contributed by atoms with Gasteiger partial charge >= 0.3 is 0 Å². The molecule has 19 heavy (non-hydrogen) atoms. The summed E-state index contributed by atoms with van der Waals surface area (Å²) < 4.78 is 0.0875. The van der Waals surface area contributed by atoms with E-state index in [1.807, 2.05) is 13.0 Å². The molecule has 0 saturated heterocycles. The van der Waals surface area contributed by atoms with Gasteiger partial charge in [-0.2, -0.15) is 0 Å². The van der Waals surface area contributed by atoms with Gasteiger partial charge in [0.2, 0.25) is 5.91 Å². The first kappa shape index (κ1) is 16.7. The van der Waals surface area contributed by atoms with E-state index in [9.17, 15) is 4.79 Å². The van der Waals surface area contributed by atoms with Crippen molar-refractivity contribution in [3.05, 3.63) is 33.8 Å². The Bertz CT molecular complexity index is 457. The van der Waals surface area contributed by atoms with Crippen molar-refractivity contribution in [2.24, 2.45) is 0 Å². The zero-order valence-electron chi connectivity index (χ0n) is 11.6. The van der Waals surface area contributed by atoms with Crippen LogP contribution in [0.1, 0.15) is 39.3 Å². The maximum absolute atomic E-state index is 11.8. The SMILES string of the molecule is CC(NC(=O)CSC(C)(C)C)c1ccc(Cl)c(Cl)c1. The lowest BCUT2D eigenvalue weighted by Crippen LogP contribution is -2.29. The van der Waals surface area contributed by atoms with E-state index in [0.29, 0.717) is 15.8 Å². The maximum atomic E-state index is 11.8. The Morgan fingerprint density at radius 3 is 2.47 bits per heavy atom. The molecule has 1 rings (SSSR count). The molecule has 0 heterocycles. The standard InChI is InChI=1S/C14H19Cl2NOS/c1-9(10-5-6-11(15)12(16)7-10)17-13(18)8-19-14(2,3)4/h5-7,9H,8H2,1-4H3,(H,17,18). The fourth-order valence-electron chi connectivity index (χ4n) is 1.43. The van der Waals surface area contributed by atoms with Crippen molar-refractivity contribution in [2.75, 3.05) is 5.75 Å². The van der Waals surface area contributed by atoms with Gasteiger partial charge in [0, 0.05) is 4.75 Å². The molecule has 1 aromatic rings. The minimum Gasteiger partial charge on any atom is -0.349 e. The zero-order valence-corrected chi connectivity index (χ0v) is 13.9. The zero-order chi connectivity index (χ0) is 14.6. The molecule has 106 valence electrons. The van der Waals surface area contributed by atoms with Gasteiger partial charge in [-0.15, -0.1) is 11.8 Å². The number of benzene rings is 1. The molecule has 0 saturated carbocycles. The number of rotatable bonds is 4. The Labute approximate surface area is 129 Å². The van der Waals surface area contributed by atoms with Gasteiger partial charge in [0.25, 0.3) is 0 Å². The molecule has 0 bridgehead atoms. The molecule has 0 radical (unpaired) electrons. The molecule has 0 fully saturated rings. The molecular formula is C14H19Cl2NOS. The number of nitrogens with one attached hydrogen (secondary N) is 1. The number of thioether (sulfide) groups is 1. The van der Waals surface area contributed by atoms with E-state index in [1.165, 1.54) is 0 Å². The van der Waals surface area contributed by atoms with E-state index in [4.69, 9.17) is 23.2 Å². The Morgan fingerprint density at radius 1 is 1.32 bits per heavy atom. The van der Waals surface area contributed by atoms with Crippen molar-refractivity contribution in [1.29, 1.82) is 0 Å². The summed E-state index contributed by atoms with van der Waals surface area (Å²) in [5, 5.41) is 3.98. The second-order valence-electron chi connectivity index (χ2n) is 5.36. The maximum Gasteiger partial charge on any atom is 0.230 e. The van der Waals surface area contributed by atoms with Crippen molar-refractivity contribution < 1.29 is 4.79 Å². The van der Waals surface area contributed by atoms with Crippen LogP contribution in [0.3, 0.4) is 0 Å². The highest BCUT2D eigenvalue weighted by atomic mass is 35.5. The third-order valence-corrected chi connectivity index (χ3v) is 4.47. The van der Waals surface area contributed by atoms with Gasteiger partial charge in [0.05, 0.1) is 21.8 Å². The fourth-order valence-corrected chi connectivity index (χ4v) is 2.38. The Morgan fingerprint density at radius 2 is 1.95 bits per heavy atom. The van der Waals surface area contributed by atoms with Crippen LogP contribution in [0, 0.1) is 0 Å². The van der Waals surface area contributed by atoms with Crippen LogP contribution in [0.25, 0.3) is 0 Å². The monoisotopic (exact) mass is 319 g/mol. The largest absolute Gasteiger partial charge is 0.349 e. The van der Waals surface area contributed by atoms with Crippen molar-refractivity contribution in [3.63, 3.8) is 0 Å². The second kappa shape index (κ2) is 6.87. The highest BCUT2D eigenvalue weighted by Gasteiger charge is 2.15. The Balaban J connectivity index is 2.56. The summed E-state index contributed by atoms with van der Waals surface area (Å²) in [4.78, 5) is 11.8. The van der Waals surface area contributed by atoms with Gasteiger partial charge < -0.3 is 5.32 Å². The van der Waals surface area contributed by atoms with Crippen LogP contribution in [0.4, 0.5) is 0 Å². The minimum atomic E-state index is -0.0807. The molecule has 1 atom stereocenters. The molecule has 1 aromatic carbocycles. The number of hydrogen-bond donors (Lipinski definition) is 1. The molecule has 2 nitrogen and oxygen atoms in total. The predicted octanol–water partition coefficient (Wildman–Crippen LogP) is 4.70. The first-order valence-electron chi connectivity index (χ1n) is 6.07. The van der Waals surface area contributed by atoms with Crippen LogP contribution in [-0.4, -0.2) is 16.4 Å². The first-order valence-corrected chi connectivity index (χ1v) is 7.81. The molecule has 0 aliphatic rings. The third kappa shape index (κ3) is 6.07. The quantitative estimate of drug-likeness (QED) is 0.871. The smallest absolute Gasteiger partial charge is 0.230 e. The molecule has 0 aromatic heterocycles. The first-order chi connectivity index (χ1) is 8.69. The van der Waals surface area contributed by atoms with Crippen LogP contribution in [0.2, 0.25) is 10.0 Å². The van der Waals surface area contributed by atoms with Gasteiger partial charge in [-0.05, 0) is 24.6 Å². The highest BCUT2D eigenvalue weighted by molar-refractivity contribution is 8.01. The van der Waals surface area contributed by atoms with E-state index in [2.05, 4.69) is 26.1 Å². The highest BCUT2D eigenvalue weighted by Crippen LogP contribution is 2.26. The van der Waals surface area contributed by atoms with Crippen LogP contribution in [0.15, 0.2) is 18.2 Å². The normalized spacial score (nSPS) is 13.2. The summed E-state index contributed by atoms with van der Waals surface area (Å²) in [6.45, 7) is 8.20. The molecule has 1 unspecified atom stereocenters. The third-order valence-electron chi connectivity index (χ3n) is 2.46. The van der Waals surface area contributed by atoms with E-state index < -0.39 is 0 Å². The minimum absolute atomic E-state index is 0.0264. The lowest BCUT2D eigenvalue weighted by Gasteiger charge is -2.19. The molecule has 5 heteroatoms. The number of amides is 1. The van der Waals surface area contributed by atoms with Crippen LogP contribution in [-0.2, 0) is 4.79 Å². The van der Waals surface area contributed by atoms with Gasteiger partial charge in [-0.3, -0.25) is 4.79 Å². The van der Waals surface area contributed by atoms with Crippen LogP contribution in [0.5, 0.6) is 0 Å². The van der Waals surface area contributed by atoms with Crippen molar-refractivity contribution in [3.8, 4) is 0 Å². The van der Waals surface area contributed by atoms with Crippen molar-refractivity contribution >= 4 is 40.9 Å².